The highest BCUT2D eigenvalue weighted by atomic mass is 16.6. The van der Waals surface area contributed by atoms with Crippen LogP contribution < -0.4 is 0 Å². The molecule has 0 heterocycles. The van der Waals surface area contributed by atoms with Crippen LogP contribution in [0.4, 0.5) is 0 Å². The minimum atomic E-state index is -1.51. The molecule has 0 bridgehead atoms. The molecule has 0 spiro atoms. The summed E-state index contributed by atoms with van der Waals surface area (Å²) >= 11 is 0. The van der Waals surface area contributed by atoms with Gasteiger partial charge in [0.15, 0.2) is 0 Å². The van der Waals surface area contributed by atoms with Crippen molar-refractivity contribution < 1.29 is 9.72 Å². The quantitative estimate of drug-likeness (QED) is 0.582. The Kier molecular flexibility index (Phi) is 2.96. The van der Waals surface area contributed by atoms with Crippen molar-refractivity contribution in [2.24, 2.45) is 5.92 Å². The van der Waals surface area contributed by atoms with Gasteiger partial charge in [0.2, 0.25) is 5.78 Å². The molecule has 4 nitrogen and oxygen atoms in total. The highest BCUT2D eigenvalue weighted by Gasteiger charge is 2.54. The molecule has 0 aromatic heterocycles. The van der Waals surface area contributed by atoms with E-state index in [1.54, 1.807) is 30.3 Å². The summed E-state index contributed by atoms with van der Waals surface area (Å²) in [5.41, 5.74) is -1.000. The number of nitro groups is 1. The van der Waals surface area contributed by atoms with Gasteiger partial charge in [-0.2, -0.15) is 0 Å². The molecule has 2 atom stereocenters. The van der Waals surface area contributed by atoms with E-state index in [0.29, 0.717) is 18.4 Å². The van der Waals surface area contributed by atoms with Crippen LogP contribution in [0.3, 0.4) is 0 Å². The summed E-state index contributed by atoms with van der Waals surface area (Å²) in [6, 6.07) is 8.64. The number of carbonyl (C=O) groups excluding carboxylic acids is 1. The van der Waals surface area contributed by atoms with Crippen LogP contribution in [0, 0.1) is 16.0 Å². The number of nitrogens with zero attached hydrogens (tertiary/aromatic N) is 1. The summed E-state index contributed by atoms with van der Waals surface area (Å²) in [6.45, 7) is 1.97. The van der Waals surface area contributed by atoms with Gasteiger partial charge in [-0.1, -0.05) is 37.3 Å². The zero-order chi connectivity index (χ0) is 12.5. The monoisotopic (exact) mass is 233 g/mol. The van der Waals surface area contributed by atoms with E-state index < -0.39 is 10.5 Å². The van der Waals surface area contributed by atoms with E-state index in [-0.39, 0.29) is 11.7 Å². The summed E-state index contributed by atoms with van der Waals surface area (Å²) < 4.78 is 0. The summed E-state index contributed by atoms with van der Waals surface area (Å²) in [6.07, 6.45) is 1.36. The molecular weight excluding hydrogens is 218 g/mol. The molecule has 1 aliphatic rings. The van der Waals surface area contributed by atoms with Crippen molar-refractivity contribution in [2.45, 2.75) is 31.7 Å². The Bertz CT molecular complexity index is 443. The number of benzene rings is 1. The molecule has 0 radical (unpaired) electrons. The van der Waals surface area contributed by atoms with Gasteiger partial charge in [0.1, 0.15) is 0 Å². The van der Waals surface area contributed by atoms with Crippen molar-refractivity contribution >= 4 is 5.78 Å². The third-order valence-corrected chi connectivity index (χ3v) is 3.53. The molecule has 0 amide bonds. The molecular formula is C13H15NO3. The van der Waals surface area contributed by atoms with Crippen LogP contribution in [-0.4, -0.2) is 10.7 Å². The Morgan fingerprint density at radius 1 is 1.35 bits per heavy atom. The van der Waals surface area contributed by atoms with E-state index in [2.05, 4.69) is 0 Å². The SMILES string of the molecule is CC1CCC(=O)C(c2ccccc2)([N+](=O)[O-])C1. The number of hydrogen-bond donors (Lipinski definition) is 0. The van der Waals surface area contributed by atoms with E-state index in [1.165, 1.54) is 0 Å². The zero-order valence-corrected chi connectivity index (χ0v) is 9.76. The molecule has 1 fully saturated rings. The fourth-order valence-electron chi connectivity index (χ4n) is 2.58. The van der Waals surface area contributed by atoms with E-state index >= 15 is 0 Å². The van der Waals surface area contributed by atoms with Crippen molar-refractivity contribution in [3.05, 3.63) is 46.0 Å². The molecule has 2 unspecified atom stereocenters. The van der Waals surface area contributed by atoms with Crippen LogP contribution in [0.1, 0.15) is 31.7 Å². The van der Waals surface area contributed by atoms with Crippen LogP contribution in [-0.2, 0) is 10.3 Å². The predicted molar refractivity (Wildman–Crippen MR) is 63.1 cm³/mol. The first kappa shape index (κ1) is 11.8. The van der Waals surface area contributed by atoms with Crippen LogP contribution in [0.5, 0.6) is 0 Å². The molecule has 1 aliphatic carbocycles. The van der Waals surface area contributed by atoms with Gasteiger partial charge in [-0.15, -0.1) is 0 Å². The largest absolute Gasteiger partial charge is 0.304 e. The van der Waals surface area contributed by atoms with E-state index in [4.69, 9.17) is 0 Å². The maximum Gasteiger partial charge on any atom is 0.304 e. The summed E-state index contributed by atoms with van der Waals surface area (Å²) in [5, 5.41) is 11.4. The molecule has 17 heavy (non-hydrogen) atoms. The van der Waals surface area contributed by atoms with Crippen molar-refractivity contribution in [3.8, 4) is 0 Å². The van der Waals surface area contributed by atoms with Crippen molar-refractivity contribution in [1.82, 2.24) is 0 Å². The van der Waals surface area contributed by atoms with Crippen molar-refractivity contribution in [2.75, 3.05) is 0 Å². The van der Waals surface area contributed by atoms with Gasteiger partial charge < -0.3 is 0 Å². The number of carbonyl (C=O) groups is 1. The Balaban J connectivity index is 2.52. The lowest BCUT2D eigenvalue weighted by atomic mass is 9.72. The normalized spacial score (nSPS) is 29.0. The summed E-state index contributed by atoms with van der Waals surface area (Å²) in [7, 11) is 0. The Hall–Kier alpha value is -1.71. The van der Waals surface area contributed by atoms with Crippen LogP contribution >= 0.6 is 0 Å². The molecule has 2 rings (SSSR count). The molecule has 4 heteroatoms. The fourth-order valence-corrected chi connectivity index (χ4v) is 2.58. The molecule has 0 saturated heterocycles. The average molecular weight is 233 g/mol. The van der Waals surface area contributed by atoms with Crippen LogP contribution in [0.25, 0.3) is 0 Å². The second-order valence-electron chi connectivity index (χ2n) is 4.75. The number of rotatable bonds is 2. The van der Waals surface area contributed by atoms with E-state index in [0.717, 1.165) is 6.42 Å². The number of hydrogen-bond acceptors (Lipinski definition) is 3. The zero-order valence-electron chi connectivity index (χ0n) is 9.76. The third-order valence-electron chi connectivity index (χ3n) is 3.53. The maximum atomic E-state index is 12.1. The van der Waals surface area contributed by atoms with Gasteiger partial charge in [-0.05, 0) is 12.3 Å². The minimum absolute atomic E-state index is 0.207. The first-order chi connectivity index (χ1) is 8.07. The smallest absolute Gasteiger partial charge is 0.291 e. The van der Waals surface area contributed by atoms with Gasteiger partial charge in [0.05, 0.1) is 0 Å². The Labute approximate surface area is 99.8 Å². The van der Waals surface area contributed by atoms with Crippen LogP contribution in [0.15, 0.2) is 30.3 Å². The first-order valence-electron chi connectivity index (χ1n) is 5.80. The Morgan fingerprint density at radius 3 is 2.59 bits per heavy atom. The maximum absolute atomic E-state index is 12.1. The molecule has 0 N–H and O–H groups in total. The van der Waals surface area contributed by atoms with Gasteiger partial charge in [0.25, 0.3) is 0 Å². The standard InChI is InChI=1S/C13H15NO3/c1-10-7-8-12(15)13(9-10,14(16)17)11-5-3-2-4-6-11/h2-6,10H,7-9H2,1H3. The second kappa shape index (κ2) is 4.28. The minimum Gasteiger partial charge on any atom is -0.291 e. The lowest BCUT2D eigenvalue weighted by Crippen LogP contribution is -2.47. The molecule has 1 aromatic carbocycles. The third kappa shape index (κ3) is 1.84. The van der Waals surface area contributed by atoms with Gasteiger partial charge in [0, 0.05) is 23.3 Å². The predicted octanol–water partition coefficient (Wildman–Crippen LogP) is 2.55. The van der Waals surface area contributed by atoms with Gasteiger partial charge in [-0.3, -0.25) is 14.9 Å². The van der Waals surface area contributed by atoms with Crippen molar-refractivity contribution in [3.63, 3.8) is 0 Å². The second-order valence-corrected chi connectivity index (χ2v) is 4.75. The van der Waals surface area contributed by atoms with E-state index in [9.17, 15) is 14.9 Å². The highest BCUT2D eigenvalue weighted by Crippen LogP contribution is 2.39. The van der Waals surface area contributed by atoms with Crippen LogP contribution in [0.2, 0.25) is 0 Å². The topological polar surface area (TPSA) is 60.2 Å². The first-order valence-corrected chi connectivity index (χ1v) is 5.80. The van der Waals surface area contributed by atoms with Crippen molar-refractivity contribution in [1.29, 1.82) is 0 Å². The van der Waals surface area contributed by atoms with E-state index in [1.807, 2.05) is 6.92 Å². The Morgan fingerprint density at radius 2 is 2.00 bits per heavy atom. The number of ketones is 1. The molecule has 90 valence electrons. The van der Waals surface area contributed by atoms with Gasteiger partial charge in [-0.25, -0.2) is 0 Å². The lowest BCUT2D eigenvalue weighted by Gasteiger charge is -2.31. The molecule has 1 saturated carbocycles. The highest BCUT2D eigenvalue weighted by molar-refractivity contribution is 5.89. The fraction of sp³-hybridized carbons (Fsp3) is 0.462. The number of Topliss-reactive ketones (excluding diaryl/α,β-unsaturated/α-hetero) is 1. The summed E-state index contributed by atoms with van der Waals surface area (Å²) in [4.78, 5) is 23.1. The molecule has 0 aliphatic heterocycles. The lowest BCUT2D eigenvalue weighted by molar-refractivity contribution is -0.565. The average Bonchev–Trinajstić information content (AvgIpc) is 2.33. The molecule has 1 aromatic rings. The van der Waals surface area contributed by atoms with Gasteiger partial charge >= 0.3 is 5.54 Å². The summed E-state index contributed by atoms with van der Waals surface area (Å²) in [5.74, 6) is -0.0508.